The molecule has 1 rings (SSSR count). The number of hydrogen-bond donors (Lipinski definition) is 0. The average Bonchev–Trinajstić information content (AvgIpc) is 2.35. The first-order chi connectivity index (χ1) is 9.22. The summed E-state index contributed by atoms with van der Waals surface area (Å²) in [5.41, 5.74) is -4.54. The second kappa shape index (κ2) is 5.81. The van der Waals surface area contributed by atoms with Crippen molar-refractivity contribution in [2.75, 3.05) is 7.11 Å². The van der Waals surface area contributed by atoms with Gasteiger partial charge in [-0.15, -0.1) is 0 Å². The fraction of sp³-hybridized carbons (Fsp3) is 0.364. The molecule has 1 aromatic heterocycles. The highest BCUT2D eigenvalue weighted by Gasteiger charge is 2.39. The van der Waals surface area contributed by atoms with Crippen molar-refractivity contribution < 1.29 is 31.5 Å². The summed E-state index contributed by atoms with van der Waals surface area (Å²) in [5.74, 6) is -1.14. The van der Waals surface area contributed by atoms with Crippen molar-refractivity contribution in [1.82, 2.24) is 4.98 Å². The summed E-state index contributed by atoms with van der Waals surface area (Å²) >= 11 is 0. The lowest BCUT2D eigenvalue weighted by Crippen LogP contribution is -2.18. The van der Waals surface area contributed by atoms with Gasteiger partial charge in [-0.05, 0) is 0 Å². The highest BCUT2D eigenvalue weighted by atomic mass is 19.4. The van der Waals surface area contributed by atoms with E-state index in [0.29, 0.717) is 6.20 Å². The van der Waals surface area contributed by atoms with Gasteiger partial charge in [0.1, 0.15) is 11.8 Å². The van der Waals surface area contributed by atoms with E-state index < -0.39 is 47.4 Å². The Morgan fingerprint density at radius 2 is 2.10 bits per heavy atom. The molecule has 0 aromatic carbocycles. The van der Waals surface area contributed by atoms with Crippen LogP contribution in [-0.4, -0.2) is 18.1 Å². The minimum absolute atomic E-state index is 0.408. The average molecular weight is 294 g/mol. The molecule has 1 aromatic rings. The Morgan fingerprint density at radius 3 is 2.50 bits per heavy atom. The Morgan fingerprint density at radius 1 is 1.50 bits per heavy atom. The van der Waals surface area contributed by atoms with Crippen molar-refractivity contribution >= 4 is 5.97 Å². The van der Waals surface area contributed by atoms with Crippen molar-refractivity contribution in [3.8, 4) is 6.07 Å². The molecule has 0 aliphatic rings. The van der Waals surface area contributed by atoms with Crippen LogP contribution < -0.4 is 0 Å². The first-order valence-corrected chi connectivity index (χ1v) is 5.06. The smallest absolute Gasteiger partial charge is 0.433 e. The molecule has 20 heavy (non-hydrogen) atoms. The number of esters is 1. The molecule has 0 saturated carbocycles. The van der Waals surface area contributed by atoms with Gasteiger partial charge in [-0.1, -0.05) is 0 Å². The fourth-order valence-corrected chi connectivity index (χ4v) is 1.54. The Hall–Kier alpha value is -2.24. The molecule has 0 aliphatic heterocycles. The highest BCUT2D eigenvalue weighted by Crippen LogP contribution is 2.36. The molecule has 0 N–H and O–H groups in total. The third-order valence-corrected chi connectivity index (χ3v) is 2.38. The van der Waals surface area contributed by atoms with Crippen molar-refractivity contribution in [3.63, 3.8) is 0 Å². The Bertz CT molecular complexity index is 563. The van der Waals surface area contributed by atoms with Crippen LogP contribution in [-0.2, 0) is 22.1 Å². The van der Waals surface area contributed by atoms with Crippen LogP contribution in [0.25, 0.3) is 0 Å². The minimum atomic E-state index is -5.03. The molecule has 1 heterocycles. The summed E-state index contributed by atoms with van der Waals surface area (Å²) in [6.45, 7) is 0. The van der Waals surface area contributed by atoms with Crippen LogP contribution in [0.1, 0.15) is 28.8 Å². The van der Waals surface area contributed by atoms with Crippen LogP contribution in [0.4, 0.5) is 22.0 Å². The summed E-state index contributed by atoms with van der Waals surface area (Å²) in [5, 5.41) is 8.66. The van der Waals surface area contributed by atoms with Gasteiger partial charge in [-0.3, -0.25) is 9.78 Å². The SMILES string of the molecule is COC(=O)Cc1c(C(F)(F)F)ncc(C#N)c1C(F)F. The normalized spacial score (nSPS) is 11.3. The third-order valence-electron chi connectivity index (χ3n) is 2.38. The van der Waals surface area contributed by atoms with E-state index in [1.54, 1.807) is 0 Å². The van der Waals surface area contributed by atoms with Gasteiger partial charge >= 0.3 is 12.1 Å². The first-order valence-electron chi connectivity index (χ1n) is 5.06. The predicted octanol–water partition coefficient (Wildman–Crippen LogP) is 2.63. The fourth-order valence-electron chi connectivity index (χ4n) is 1.54. The van der Waals surface area contributed by atoms with Gasteiger partial charge < -0.3 is 4.74 Å². The largest absolute Gasteiger partial charge is 0.469 e. The quantitative estimate of drug-likeness (QED) is 0.635. The van der Waals surface area contributed by atoms with Gasteiger partial charge in [0, 0.05) is 17.3 Å². The van der Waals surface area contributed by atoms with Gasteiger partial charge in [0.05, 0.1) is 19.1 Å². The van der Waals surface area contributed by atoms with Crippen LogP contribution in [0.3, 0.4) is 0 Å². The van der Waals surface area contributed by atoms with E-state index in [9.17, 15) is 26.7 Å². The van der Waals surface area contributed by atoms with E-state index in [1.165, 1.54) is 6.07 Å². The van der Waals surface area contributed by atoms with Crippen molar-refractivity contribution in [3.05, 3.63) is 28.6 Å². The molecule has 0 radical (unpaired) electrons. The number of ether oxygens (including phenoxy) is 1. The van der Waals surface area contributed by atoms with Crippen LogP contribution in [0.2, 0.25) is 0 Å². The summed E-state index contributed by atoms with van der Waals surface area (Å²) in [6.07, 6.45) is -9.02. The van der Waals surface area contributed by atoms with Crippen LogP contribution >= 0.6 is 0 Å². The molecule has 108 valence electrons. The van der Waals surface area contributed by atoms with Crippen molar-refractivity contribution in [2.45, 2.75) is 19.0 Å². The summed E-state index contributed by atoms with van der Waals surface area (Å²) < 4.78 is 68.2. The number of nitrogens with zero attached hydrogens (tertiary/aromatic N) is 2. The molecule has 0 amide bonds. The summed E-state index contributed by atoms with van der Waals surface area (Å²) in [7, 11) is 0.902. The van der Waals surface area contributed by atoms with E-state index >= 15 is 0 Å². The molecular weight excluding hydrogens is 287 g/mol. The minimum Gasteiger partial charge on any atom is -0.469 e. The van der Waals surface area contributed by atoms with E-state index in [0.717, 1.165) is 7.11 Å². The van der Waals surface area contributed by atoms with Crippen molar-refractivity contribution in [1.29, 1.82) is 5.26 Å². The number of rotatable bonds is 3. The molecule has 0 atom stereocenters. The van der Waals surface area contributed by atoms with E-state index in [2.05, 4.69) is 9.72 Å². The molecule has 0 fully saturated rings. The number of carbonyl (C=O) groups is 1. The molecule has 0 aliphatic carbocycles. The standard InChI is InChI=1S/C11H7F5N2O2/c1-20-7(19)2-6-8(10(12)13)5(3-17)4-18-9(6)11(14,15)16/h4,10H,2H2,1H3. The highest BCUT2D eigenvalue weighted by molar-refractivity contribution is 5.74. The second-order valence-corrected chi connectivity index (χ2v) is 3.58. The molecule has 9 heteroatoms. The Balaban J connectivity index is 3.60. The van der Waals surface area contributed by atoms with Gasteiger partial charge in [0.15, 0.2) is 0 Å². The van der Waals surface area contributed by atoms with E-state index in [-0.39, 0.29) is 0 Å². The number of hydrogen-bond acceptors (Lipinski definition) is 4. The molecule has 0 bridgehead atoms. The Labute approximate surface area is 109 Å². The maximum absolute atomic E-state index is 12.9. The van der Waals surface area contributed by atoms with Gasteiger partial charge in [-0.2, -0.15) is 18.4 Å². The van der Waals surface area contributed by atoms with Crippen LogP contribution in [0, 0.1) is 11.3 Å². The number of halogens is 5. The monoisotopic (exact) mass is 294 g/mol. The van der Waals surface area contributed by atoms with Crippen molar-refractivity contribution in [2.24, 2.45) is 0 Å². The number of pyridine rings is 1. The van der Waals surface area contributed by atoms with E-state index in [1.807, 2.05) is 0 Å². The summed E-state index contributed by atoms with van der Waals surface area (Å²) in [6, 6.07) is 1.33. The number of alkyl halides is 5. The van der Waals surface area contributed by atoms with Crippen LogP contribution in [0.5, 0.6) is 0 Å². The van der Waals surface area contributed by atoms with Gasteiger partial charge in [-0.25, -0.2) is 8.78 Å². The Kier molecular flexibility index (Phi) is 4.60. The predicted molar refractivity (Wildman–Crippen MR) is 54.6 cm³/mol. The molecule has 0 saturated heterocycles. The maximum atomic E-state index is 12.9. The van der Waals surface area contributed by atoms with Gasteiger partial charge in [0.25, 0.3) is 6.43 Å². The number of nitriles is 1. The topological polar surface area (TPSA) is 63.0 Å². The zero-order valence-electron chi connectivity index (χ0n) is 9.96. The number of methoxy groups -OCH3 is 1. The second-order valence-electron chi connectivity index (χ2n) is 3.58. The number of aromatic nitrogens is 1. The third kappa shape index (κ3) is 3.20. The zero-order chi connectivity index (χ0) is 15.5. The molecule has 0 spiro atoms. The van der Waals surface area contributed by atoms with E-state index in [4.69, 9.17) is 5.26 Å². The lowest BCUT2D eigenvalue weighted by molar-refractivity contribution is -0.143. The maximum Gasteiger partial charge on any atom is 0.433 e. The zero-order valence-corrected chi connectivity index (χ0v) is 9.96. The number of carbonyl (C=O) groups excluding carboxylic acids is 1. The molecule has 4 nitrogen and oxygen atoms in total. The summed E-state index contributed by atoms with van der Waals surface area (Å²) in [4.78, 5) is 14.1. The van der Waals surface area contributed by atoms with Crippen LogP contribution in [0.15, 0.2) is 6.20 Å². The lowest BCUT2D eigenvalue weighted by atomic mass is 9.99. The molecular formula is C11H7F5N2O2. The lowest BCUT2D eigenvalue weighted by Gasteiger charge is -2.16. The van der Waals surface area contributed by atoms with Gasteiger partial charge in [0.2, 0.25) is 0 Å². The first kappa shape index (κ1) is 15.8. The molecule has 0 unspecified atom stereocenters.